The molecule has 1 saturated heterocycles. The third kappa shape index (κ3) is 2.28. The van der Waals surface area contributed by atoms with Crippen LogP contribution in [0.1, 0.15) is 6.92 Å². The number of ether oxygens (including phenoxy) is 1. The maximum absolute atomic E-state index is 12.6. The fraction of sp³-hybridized carbons (Fsp3) is 0.333. The number of benzene rings is 1. The predicted molar refractivity (Wildman–Crippen MR) is 79.8 cm³/mol. The van der Waals surface area contributed by atoms with Crippen LogP contribution in [-0.4, -0.2) is 28.7 Å². The maximum Gasteiger partial charge on any atom is 0.310 e. The number of carbonyl (C=O) groups is 2. The first-order valence-corrected chi connectivity index (χ1v) is 7.37. The van der Waals surface area contributed by atoms with Gasteiger partial charge in [-0.3, -0.25) is 9.59 Å². The summed E-state index contributed by atoms with van der Waals surface area (Å²) in [7, 11) is 0. The topological polar surface area (TPSA) is 75.6 Å². The van der Waals surface area contributed by atoms with Crippen molar-refractivity contribution in [1.82, 2.24) is 0 Å². The zero-order valence-electron chi connectivity index (χ0n) is 11.2. The standard InChI is InChI=1S/C15H14BrNO4/c1-15-7-6-10(21-15)11(14(19)20)12(15)13(18)17-9-5-3-2-4-8(9)16/h2-7,10-12H,1H3,(H,17,18)(H,19,20)/t10-,11-,12-,15+/m1/s1. The zero-order chi connectivity index (χ0) is 15.2. The molecule has 0 unspecified atom stereocenters. The SMILES string of the molecule is C[C@@]12C=C[C@@H](O1)[C@@H](C(=O)O)[C@@H]2C(=O)Nc1ccccc1Br. The number of carboxylic acids is 1. The van der Waals surface area contributed by atoms with Crippen molar-refractivity contribution >= 4 is 33.5 Å². The van der Waals surface area contributed by atoms with E-state index in [0.717, 1.165) is 4.47 Å². The van der Waals surface area contributed by atoms with E-state index in [-0.39, 0.29) is 5.91 Å². The van der Waals surface area contributed by atoms with Crippen molar-refractivity contribution in [2.45, 2.75) is 18.6 Å². The van der Waals surface area contributed by atoms with E-state index in [1.165, 1.54) is 0 Å². The number of hydrogen-bond acceptors (Lipinski definition) is 3. The molecule has 3 rings (SSSR count). The number of rotatable bonds is 3. The summed E-state index contributed by atoms with van der Waals surface area (Å²) in [4.78, 5) is 24.0. The van der Waals surface area contributed by atoms with E-state index in [2.05, 4.69) is 21.2 Å². The zero-order valence-corrected chi connectivity index (χ0v) is 12.8. The van der Waals surface area contributed by atoms with Gasteiger partial charge in [-0.2, -0.15) is 0 Å². The molecule has 0 aliphatic carbocycles. The summed E-state index contributed by atoms with van der Waals surface area (Å²) in [5.74, 6) is -2.97. The van der Waals surface area contributed by atoms with Crippen molar-refractivity contribution in [1.29, 1.82) is 0 Å². The van der Waals surface area contributed by atoms with Crippen LogP contribution in [0.4, 0.5) is 5.69 Å². The lowest BCUT2D eigenvalue weighted by atomic mass is 9.75. The molecule has 5 nitrogen and oxygen atoms in total. The fourth-order valence-corrected chi connectivity index (χ4v) is 3.44. The van der Waals surface area contributed by atoms with Crippen molar-refractivity contribution in [3.8, 4) is 0 Å². The number of hydrogen-bond donors (Lipinski definition) is 2. The quantitative estimate of drug-likeness (QED) is 0.820. The van der Waals surface area contributed by atoms with Crippen LogP contribution in [0, 0.1) is 11.8 Å². The summed E-state index contributed by atoms with van der Waals surface area (Å²) in [6.07, 6.45) is 2.96. The average Bonchev–Trinajstić information content (AvgIpc) is 2.94. The van der Waals surface area contributed by atoms with Crippen molar-refractivity contribution in [3.05, 3.63) is 40.9 Å². The number of aliphatic carboxylic acids is 1. The van der Waals surface area contributed by atoms with E-state index in [4.69, 9.17) is 4.74 Å². The van der Waals surface area contributed by atoms with Crippen LogP contribution in [0.2, 0.25) is 0 Å². The fourth-order valence-electron chi connectivity index (χ4n) is 3.05. The summed E-state index contributed by atoms with van der Waals surface area (Å²) >= 11 is 3.36. The molecule has 2 heterocycles. The molecule has 4 atom stereocenters. The molecule has 0 radical (unpaired) electrons. The Labute approximate surface area is 130 Å². The van der Waals surface area contributed by atoms with Gasteiger partial charge in [0.2, 0.25) is 5.91 Å². The molecular weight excluding hydrogens is 338 g/mol. The van der Waals surface area contributed by atoms with Gasteiger partial charge in [0, 0.05) is 4.47 Å². The number of amides is 1. The van der Waals surface area contributed by atoms with Gasteiger partial charge in [0.05, 0.1) is 23.3 Å². The van der Waals surface area contributed by atoms with Gasteiger partial charge in [0.15, 0.2) is 0 Å². The third-order valence-electron chi connectivity index (χ3n) is 4.04. The number of carbonyl (C=O) groups excluding carboxylic acids is 1. The molecule has 0 saturated carbocycles. The van der Waals surface area contributed by atoms with Crippen LogP contribution in [0.5, 0.6) is 0 Å². The number of halogens is 1. The molecule has 1 aromatic rings. The Hall–Kier alpha value is -1.66. The Morgan fingerprint density at radius 3 is 2.76 bits per heavy atom. The Bertz CT molecular complexity index is 644. The number of anilines is 1. The molecule has 2 aliphatic rings. The molecule has 0 spiro atoms. The number of carboxylic acid groups (broad SMARTS) is 1. The van der Waals surface area contributed by atoms with Gasteiger partial charge in [0.25, 0.3) is 0 Å². The van der Waals surface area contributed by atoms with Gasteiger partial charge in [-0.05, 0) is 35.0 Å². The van der Waals surface area contributed by atoms with E-state index >= 15 is 0 Å². The van der Waals surface area contributed by atoms with Crippen LogP contribution in [-0.2, 0) is 14.3 Å². The molecule has 1 aromatic carbocycles. The Kier molecular flexibility index (Phi) is 3.37. The average molecular weight is 352 g/mol. The largest absolute Gasteiger partial charge is 0.481 e. The first-order chi connectivity index (χ1) is 9.92. The second-order valence-electron chi connectivity index (χ2n) is 5.44. The van der Waals surface area contributed by atoms with E-state index in [9.17, 15) is 14.7 Å². The summed E-state index contributed by atoms with van der Waals surface area (Å²) in [6.45, 7) is 1.75. The van der Waals surface area contributed by atoms with Gasteiger partial charge in [-0.1, -0.05) is 24.3 Å². The van der Waals surface area contributed by atoms with Crippen LogP contribution < -0.4 is 5.32 Å². The van der Waals surface area contributed by atoms with Crippen molar-refractivity contribution < 1.29 is 19.4 Å². The van der Waals surface area contributed by atoms with Gasteiger partial charge >= 0.3 is 5.97 Å². The third-order valence-corrected chi connectivity index (χ3v) is 4.73. The lowest BCUT2D eigenvalue weighted by molar-refractivity contribution is -0.146. The highest BCUT2D eigenvalue weighted by Crippen LogP contribution is 2.47. The lowest BCUT2D eigenvalue weighted by Crippen LogP contribution is -2.44. The van der Waals surface area contributed by atoms with Gasteiger partial charge in [0.1, 0.15) is 5.92 Å². The van der Waals surface area contributed by atoms with Crippen LogP contribution in [0.15, 0.2) is 40.9 Å². The molecule has 1 amide bonds. The second-order valence-corrected chi connectivity index (χ2v) is 6.29. The summed E-state index contributed by atoms with van der Waals surface area (Å²) in [6, 6.07) is 7.20. The first kappa shape index (κ1) is 14.3. The van der Waals surface area contributed by atoms with Gasteiger partial charge in [-0.25, -0.2) is 0 Å². The predicted octanol–water partition coefficient (Wildman–Crippen LogP) is 2.43. The highest BCUT2D eigenvalue weighted by Gasteiger charge is 2.59. The first-order valence-electron chi connectivity index (χ1n) is 6.58. The Balaban J connectivity index is 1.88. The summed E-state index contributed by atoms with van der Waals surface area (Å²) in [5.41, 5.74) is -0.249. The van der Waals surface area contributed by atoms with Crippen molar-refractivity contribution in [2.75, 3.05) is 5.32 Å². The normalized spacial score (nSPS) is 33.1. The minimum absolute atomic E-state index is 0.344. The van der Waals surface area contributed by atoms with Crippen LogP contribution >= 0.6 is 15.9 Å². The Morgan fingerprint density at radius 1 is 1.38 bits per heavy atom. The number of fused-ring (bicyclic) bond motifs is 2. The summed E-state index contributed by atoms with van der Waals surface area (Å²) in [5, 5.41) is 12.2. The summed E-state index contributed by atoms with van der Waals surface area (Å²) < 4.78 is 6.42. The van der Waals surface area contributed by atoms with E-state index in [1.807, 2.05) is 12.1 Å². The minimum atomic E-state index is -1.01. The monoisotopic (exact) mass is 351 g/mol. The smallest absolute Gasteiger partial charge is 0.310 e. The number of nitrogens with one attached hydrogen (secondary N) is 1. The molecule has 0 aromatic heterocycles. The minimum Gasteiger partial charge on any atom is -0.481 e. The molecule has 2 bridgehead atoms. The molecule has 110 valence electrons. The van der Waals surface area contributed by atoms with Gasteiger partial charge in [-0.15, -0.1) is 0 Å². The maximum atomic E-state index is 12.6. The highest BCUT2D eigenvalue weighted by molar-refractivity contribution is 9.10. The number of para-hydroxylation sites is 1. The second kappa shape index (κ2) is 4.96. The van der Waals surface area contributed by atoms with Crippen LogP contribution in [0.25, 0.3) is 0 Å². The lowest BCUT2D eigenvalue weighted by Gasteiger charge is -2.28. The molecule has 21 heavy (non-hydrogen) atoms. The van der Waals surface area contributed by atoms with Crippen molar-refractivity contribution in [2.24, 2.45) is 11.8 Å². The van der Waals surface area contributed by atoms with Crippen LogP contribution in [0.3, 0.4) is 0 Å². The molecular formula is C15H14BrNO4. The molecule has 1 fully saturated rings. The highest BCUT2D eigenvalue weighted by atomic mass is 79.9. The van der Waals surface area contributed by atoms with Gasteiger partial charge < -0.3 is 15.2 Å². The molecule has 6 heteroatoms. The Morgan fingerprint density at radius 2 is 2.10 bits per heavy atom. The molecule has 2 aliphatic heterocycles. The van der Waals surface area contributed by atoms with Crippen molar-refractivity contribution in [3.63, 3.8) is 0 Å². The van der Waals surface area contributed by atoms with E-state index in [1.54, 1.807) is 31.2 Å². The molecule has 2 N–H and O–H groups in total. The van der Waals surface area contributed by atoms with E-state index < -0.39 is 29.5 Å². The van der Waals surface area contributed by atoms with E-state index in [0.29, 0.717) is 5.69 Å².